The highest BCUT2D eigenvalue weighted by atomic mass is 16.1. The van der Waals surface area contributed by atoms with Gasteiger partial charge in [0.25, 0.3) is 5.91 Å². The maximum absolute atomic E-state index is 12.2. The van der Waals surface area contributed by atoms with Gasteiger partial charge in [-0.2, -0.15) is 5.10 Å². The monoisotopic (exact) mass is 256 g/mol. The molecule has 5 heteroatoms. The van der Waals surface area contributed by atoms with E-state index in [9.17, 15) is 4.79 Å². The van der Waals surface area contributed by atoms with E-state index < -0.39 is 0 Å². The second-order valence-electron chi connectivity index (χ2n) is 4.84. The molecule has 98 valence electrons. The summed E-state index contributed by atoms with van der Waals surface area (Å²) in [5.41, 5.74) is 4.04. The summed E-state index contributed by atoms with van der Waals surface area (Å²) in [6.45, 7) is 3.62. The first-order chi connectivity index (χ1) is 9.13. The molecule has 1 aromatic carbocycles. The number of nitrogens with zero attached hydrogens (tertiary/aromatic N) is 2. The van der Waals surface area contributed by atoms with Gasteiger partial charge in [-0.25, -0.2) is 0 Å². The van der Waals surface area contributed by atoms with Gasteiger partial charge < -0.3 is 10.6 Å². The molecule has 19 heavy (non-hydrogen) atoms. The number of rotatable bonds is 2. The van der Waals surface area contributed by atoms with E-state index in [1.165, 1.54) is 11.1 Å². The van der Waals surface area contributed by atoms with E-state index in [1.54, 1.807) is 4.68 Å². The first-order valence-corrected chi connectivity index (χ1v) is 6.28. The van der Waals surface area contributed by atoms with E-state index in [1.807, 2.05) is 38.2 Å². The van der Waals surface area contributed by atoms with Crippen molar-refractivity contribution in [2.24, 2.45) is 7.05 Å². The van der Waals surface area contributed by atoms with Gasteiger partial charge in [0.2, 0.25) is 0 Å². The van der Waals surface area contributed by atoms with Crippen molar-refractivity contribution in [2.45, 2.75) is 20.0 Å². The molecule has 1 aliphatic heterocycles. The highest BCUT2D eigenvalue weighted by Gasteiger charge is 2.14. The van der Waals surface area contributed by atoms with Crippen LogP contribution >= 0.6 is 0 Å². The highest BCUT2D eigenvalue weighted by Crippen LogP contribution is 2.18. The van der Waals surface area contributed by atoms with Crippen molar-refractivity contribution in [3.05, 3.63) is 46.6 Å². The fraction of sp³-hybridized carbons (Fsp3) is 0.286. The number of carbonyl (C=O) groups excluding carboxylic acids is 1. The van der Waals surface area contributed by atoms with Gasteiger partial charge in [-0.15, -0.1) is 0 Å². The van der Waals surface area contributed by atoms with Crippen molar-refractivity contribution >= 4 is 11.7 Å². The largest absolute Gasteiger partial charge is 0.309 e. The lowest BCUT2D eigenvalue weighted by Crippen LogP contribution is -2.14. The van der Waals surface area contributed by atoms with Crippen LogP contribution < -0.4 is 10.6 Å². The average molecular weight is 256 g/mol. The van der Waals surface area contributed by atoms with E-state index in [-0.39, 0.29) is 5.91 Å². The third-order valence-corrected chi connectivity index (χ3v) is 3.34. The van der Waals surface area contributed by atoms with Crippen molar-refractivity contribution in [3.8, 4) is 0 Å². The summed E-state index contributed by atoms with van der Waals surface area (Å²) in [5, 5.41) is 10.4. The van der Waals surface area contributed by atoms with Crippen LogP contribution in [0.15, 0.2) is 24.3 Å². The molecule has 1 aliphatic rings. The number of nitrogens with one attached hydrogen (secondary N) is 2. The first-order valence-electron chi connectivity index (χ1n) is 6.28. The molecule has 0 bridgehead atoms. The molecule has 0 spiro atoms. The summed E-state index contributed by atoms with van der Waals surface area (Å²) in [6.07, 6.45) is 0. The number of hydrogen-bond donors (Lipinski definition) is 2. The molecular weight excluding hydrogens is 240 g/mol. The van der Waals surface area contributed by atoms with Gasteiger partial charge in [0, 0.05) is 31.8 Å². The maximum atomic E-state index is 12.2. The van der Waals surface area contributed by atoms with Gasteiger partial charge in [0.05, 0.1) is 5.69 Å². The molecule has 0 saturated heterocycles. The Bertz CT molecular complexity index is 645. The second kappa shape index (κ2) is 4.51. The number of fused-ring (bicyclic) bond motifs is 1. The van der Waals surface area contributed by atoms with Gasteiger partial charge in [-0.3, -0.25) is 9.48 Å². The van der Waals surface area contributed by atoms with E-state index >= 15 is 0 Å². The minimum Gasteiger partial charge on any atom is -0.309 e. The highest BCUT2D eigenvalue weighted by molar-refractivity contribution is 6.04. The molecule has 3 rings (SSSR count). The summed E-state index contributed by atoms with van der Waals surface area (Å²) in [4.78, 5) is 12.2. The minimum atomic E-state index is -0.0994. The van der Waals surface area contributed by atoms with Crippen LogP contribution in [0, 0.1) is 6.92 Å². The Morgan fingerprint density at radius 3 is 2.84 bits per heavy atom. The van der Waals surface area contributed by atoms with Crippen LogP contribution in [-0.2, 0) is 20.1 Å². The summed E-state index contributed by atoms with van der Waals surface area (Å²) in [7, 11) is 1.81. The predicted molar refractivity (Wildman–Crippen MR) is 72.9 cm³/mol. The van der Waals surface area contributed by atoms with Crippen molar-refractivity contribution in [2.75, 3.05) is 5.32 Å². The molecule has 0 unspecified atom stereocenters. The van der Waals surface area contributed by atoms with Gasteiger partial charge in [0.15, 0.2) is 0 Å². The SMILES string of the molecule is Cc1cc(NC(=O)c2ccc3c(c2)CNC3)n(C)n1. The Morgan fingerprint density at radius 1 is 1.32 bits per heavy atom. The summed E-state index contributed by atoms with van der Waals surface area (Å²) in [6, 6.07) is 7.68. The average Bonchev–Trinajstić information content (AvgIpc) is 2.95. The van der Waals surface area contributed by atoms with Crippen molar-refractivity contribution < 1.29 is 4.79 Å². The molecular formula is C14H16N4O. The Kier molecular flexibility index (Phi) is 2.83. The molecule has 1 amide bonds. The lowest BCUT2D eigenvalue weighted by atomic mass is 10.1. The van der Waals surface area contributed by atoms with Gasteiger partial charge in [-0.1, -0.05) is 6.07 Å². The molecule has 0 aliphatic carbocycles. The molecule has 5 nitrogen and oxygen atoms in total. The van der Waals surface area contributed by atoms with Crippen LogP contribution in [0.3, 0.4) is 0 Å². The van der Waals surface area contributed by atoms with Gasteiger partial charge in [-0.05, 0) is 30.2 Å². The van der Waals surface area contributed by atoms with Crippen LogP contribution in [-0.4, -0.2) is 15.7 Å². The molecule has 0 atom stereocenters. The van der Waals surface area contributed by atoms with Crippen LogP contribution in [0.25, 0.3) is 0 Å². The Morgan fingerprint density at radius 2 is 2.11 bits per heavy atom. The van der Waals surface area contributed by atoms with E-state index in [4.69, 9.17) is 0 Å². The summed E-state index contributed by atoms with van der Waals surface area (Å²) in [5.74, 6) is 0.610. The van der Waals surface area contributed by atoms with Crippen molar-refractivity contribution in [3.63, 3.8) is 0 Å². The number of aryl methyl sites for hydroxylation is 2. The molecule has 2 N–H and O–H groups in total. The number of hydrogen-bond acceptors (Lipinski definition) is 3. The third-order valence-electron chi connectivity index (χ3n) is 3.34. The first kappa shape index (κ1) is 11.9. The topological polar surface area (TPSA) is 59.0 Å². The Hall–Kier alpha value is -2.14. The molecule has 0 radical (unpaired) electrons. The van der Waals surface area contributed by atoms with Crippen LogP contribution in [0.5, 0.6) is 0 Å². The summed E-state index contributed by atoms with van der Waals surface area (Å²) >= 11 is 0. The molecule has 0 fully saturated rings. The number of benzene rings is 1. The van der Waals surface area contributed by atoms with Crippen LogP contribution in [0.1, 0.15) is 27.2 Å². The number of carbonyl (C=O) groups is 1. The molecule has 2 aromatic rings. The van der Waals surface area contributed by atoms with Crippen LogP contribution in [0.2, 0.25) is 0 Å². The Labute approximate surface area is 111 Å². The standard InChI is InChI=1S/C14H16N4O/c1-9-5-13(18(2)17-9)16-14(19)10-3-4-11-7-15-8-12(11)6-10/h3-6,15H,7-8H2,1-2H3,(H,16,19). The smallest absolute Gasteiger partial charge is 0.256 e. The number of aromatic nitrogens is 2. The fourth-order valence-corrected chi connectivity index (χ4v) is 2.35. The fourth-order valence-electron chi connectivity index (χ4n) is 2.35. The van der Waals surface area contributed by atoms with Crippen molar-refractivity contribution in [1.29, 1.82) is 0 Å². The molecule has 0 saturated carbocycles. The third kappa shape index (κ3) is 2.24. The van der Waals surface area contributed by atoms with Gasteiger partial charge in [0.1, 0.15) is 5.82 Å². The number of anilines is 1. The molecule has 2 heterocycles. The second-order valence-corrected chi connectivity index (χ2v) is 4.84. The maximum Gasteiger partial charge on any atom is 0.256 e. The lowest BCUT2D eigenvalue weighted by molar-refractivity contribution is 0.102. The lowest BCUT2D eigenvalue weighted by Gasteiger charge is -2.06. The predicted octanol–water partition coefficient (Wildman–Crippen LogP) is 1.58. The van der Waals surface area contributed by atoms with E-state index in [0.717, 1.165) is 18.8 Å². The van der Waals surface area contributed by atoms with Crippen molar-refractivity contribution in [1.82, 2.24) is 15.1 Å². The minimum absolute atomic E-state index is 0.0994. The molecule has 1 aromatic heterocycles. The van der Waals surface area contributed by atoms with Gasteiger partial charge >= 0.3 is 0 Å². The normalized spacial score (nSPS) is 13.4. The van der Waals surface area contributed by atoms with E-state index in [2.05, 4.69) is 15.7 Å². The van der Waals surface area contributed by atoms with Crippen LogP contribution in [0.4, 0.5) is 5.82 Å². The number of amides is 1. The summed E-state index contributed by atoms with van der Waals surface area (Å²) < 4.78 is 1.67. The zero-order valence-electron chi connectivity index (χ0n) is 11.0. The zero-order chi connectivity index (χ0) is 13.4. The quantitative estimate of drug-likeness (QED) is 0.857. The Balaban J connectivity index is 1.82. The zero-order valence-corrected chi connectivity index (χ0v) is 11.0. The van der Waals surface area contributed by atoms with E-state index in [0.29, 0.717) is 11.4 Å².